The minimum atomic E-state index is 0.770. The maximum absolute atomic E-state index is 4.66. The van der Waals surface area contributed by atoms with Crippen molar-refractivity contribution < 1.29 is 0 Å². The Hall–Kier alpha value is -2.27. The molecule has 0 aliphatic heterocycles. The summed E-state index contributed by atoms with van der Waals surface area (Å²) in [5.74, 6) is 0. The van der Waals surface area contributed by atoms with Gasteiger partial charge in [-0.3, -0.25) is 14.6 Å². The number of aromatic nitrogens is 4. The summed E-state index contributed by atoms with van der Waals surface area (Å²) < 4.78 is 1.90. The van der Waals surface area contributed by atoms with Gasteiger partial charge in [0.2, 0.25) is 0 Å². The maximum atomic E-state index is 4.66. The predicted molar refractivity (Wildman–Crippen MR) is 82.7 cm³/mol. The van der Waals surface area contributed by atoms with Gasteiger partial charge in [-0.1, -0.05) is 12.1 Å². The topological polar surface area (TPSA) is 46.8 Å². The lowest BCUT2D eigenvalue weighted by molar-refractivity contribution is 0.314. The fraction of sp³-hybridized carbons (Fsp3) is 0.312. The number of hydrogen-bond donors (Lipinski definition) is 0. The van der Waals surface area contributed by atoms with Gasteiger partial charge in [-0.15, -0.1) is 0 Å². The van der Waals surface area contributed by atoms with E-state index in [0.717, 1.165) is 29.8 Å². The molecule has 0 aliphatic carbocycles. The van der Waals surface area contributed by atoms with Crippen LogP contribution in [0.15, 0.2) is 36.7 Å². The van der Waals surface area contributed by atoms with Crippen LogP contribution in [0.1, 0.15) is 17.0 Å². The highest BCUT2D eigenvalue weighted by molar-refractivity contribution is 5.73. The van der Waals surface area contributed by atoms with Gasteiger partial charge in [-0.05, 0) is 26.1 Å². The van der Waals surface area contributed by atoms with E-state index >= 15 is 0 Å². The molecule has 0 amide bonds. The molecule has 5 nitrogen and oxygen atoms in total. The molecule has 108 valence electrons. The quantitative estimate of drug-likeness (QED) is 0.736. The Balaban J connectivity index is 1.73. The molecule has 5 heteroatoms. The first-order valence-corrected chi connectivity index (χ1v) is 7.00. The van der Waals surface area contributed by atoms with E-state index in [4.69, 9.17) is 0 Å². The Morgan fingerprint density at radius 3 is 2.57 bits per heavy atom. The fourth-order valence-electron chi connectivity index (χ4n) is 2.39. The second-order valence-electron chi connectivity index (χ2n) is 5.40. The van der Waals surface area contributed by atoms with E-state index in [9.17, 15) is 0 Å². The molecule has 0 saturated heterocycles. The molecule has 0 bridgehead atoms. The smallest absolute Gasteiger partial charge is 0.0890 e. The van der Waals surface area contributed by atoms with E-state index < -0.39 is 0 Å². The maximum Gasteiger partial charge on any atom is 0.0890 e. The summed E-state index contributed by atoms with van der Waals surface area (Å²) in [5.41, 5.74) is 5.31. The van der Waals surface area contributed by atoms with Gasteiger partial charge in [0.1, 0.15) is 0 Å². The number of para-hydroxylation sites is 2. The van der Waals surface area contributed by atoms with Gasteiger partial charge in [-0.2, -0.15) is 5.10 Å². The molecule has 3 aromatic rings. The molecule has 0 aliphatic rings. The first-order valence-electron chi connectivity index (χ1n) is 7.00. The minimum absolute atomic E-state index is 0.770. The number of rotatable bonds is 4. The summed E-state index contributed by atoms with van der Waals surface area (Å²) in [6, 6.07) is 7.95. The zero-order valence-corrected chi connectivity index (χ0v) is 12.6. The third-order valence-electron chi connectivity index (χ3n) is 3.71. The summed E-state index contributed by atoms with van der Waals surface area (Å²) in [4.78, 5) is 11.3. The summed E-state index contributed by atoms with van der Waals surface area (Å²) in [5, 5.41) is 4.28. The van der Waals surface area contributed by atoms with Gasteiger partial charge in [0.15, 0.2) is 0 Å². The lowest BCUT2D eigenvalue weighted by Gasteiger charge is -2.16. The number of aryl methyl sites for hydroxylation is 1. The van der Waals surface area contributed by atoms with Crippen LogP contribution in [0.5, 0.6) is 0 Å². The van der Waals surface area contributed by atoms with Crippen LogP contribution in [0, 0.1) is 6.92 Å². The average molecular weight is 281 g/mol. The summed E-state index contributed by atoms with van der Waals surface area (Å²) in [6.07, 6.45) is 3.78. The monoisotopic (exact) mass is 281 g/mol. The number of hydrogen-bond acceptors (Lipinski definition) is 4. The lowest BCUT2D eigenvalue weighted by Crippen LogP contribution is -2.18. The Morgan fingerprint density at radius 1 is 1.10 bits per heavy atom. The van der Waals surface area contributed by atoms with Crippen LogP contribution in [-0.2, 0) is 20.1 Å². The van der Waals surface area contributed by atoms with E-state index in [1.807, 2.05) is 48.4 Å². The van der Waals surface area contributed by atoms with E-state index in [-0.39, 0.29) is 0 Å². The molecule has 0 spiro atoms. The second-order valence-corrected chi connectivity index (χ2v) is 5.40. The molecule has 21 heavy (non-hydrogen) atoms. The van der Waals surface area contributed by atoms with Crippen LogP contribution in [0.3, 0.4) is 0 Å². The summed E-state index contributed by atoms with van der Waals surface area (Å²) in [7, 11) is 4.05. The zero-order chi connectivity index (χ0) is 14.8. The molecule has 0 fully saturated rings. The van der Waals surface area contributed by atoms with E-state index in [1.54, 1.807) is 0 Å². The van der Waals surface area contributed by atoms with Crippen molar-refractivity contribution in [1.82, 2.24) is 24.6 Å². The number of nitrogens with zero attached hydrogens (tertiary/aromatic N) is 5. The van der Waals surface area contributed by atoms with Gasteiger partial charge in [0.05, 0.1) is 29.1 Å². The van der Waals surface area contributed by atoms with Crippen molar-refractivity contribution in [1.29, 1.82) is 0 Å². The second kappa shape index (κ2) is 5.61. The van der Waals surface area contributed by atoms with Crippen molar-refractivity contribution in [3.63, 3.8) is 0 Å². The molecular formula is C16H19N5. The third kappa shape index (κ3) is 2.92. The first kappa shape index (κ1) is 13.7. The van der Waals surface area contributed by atoms with E-state index in [1.165, 1.54) is 11.3 Å². The van der Waals surface area contributed by atoms with Crippen molar-refractivity contribution in [2.24, 2.45) is 7.05 Å². The summed E-state index contributed by atoms with van der Waals surface area (Å²) >= 11 is 0. The van der Waals surface area contributed by atoms with Crippen molar-refractivity contribution >= 4 is 11.0 Å². The standard InChI is InChI=1S/C16H19N5/c1-12-13(8-18-21(12)3)10-20(2)11-14-9-17-15-6-4-5-7-16(15)19-14/h4-9H,10-11H2,1-3H3. The highest BCUT2D eigenvalue weighted by atomic mass is 15.3. The molecule has 0 atom stereocenters. The SMILES string of the molecule is Cc1c(CN(C)Cc2cnc3ccccc3n2)cnn1C. The molecule has 0 N–H and O–H groups in total. The van der Waals surface area contributed by atoms with Gasteiger partial charge in [0.25, 0.3) is 0 Å². The number of fused-ring (bicyclic) bond motifs is 1. The van der Waals surface area contributed by atoms with Crippen LogP contribution in [0.25, 0.3) is 11.0 Å². The molecule has 3 rings (SSSR count). The normalized spacial score (nSPS) is 11.4. The van der Waals surface area contributed by atoms with Crippen molar-refractivity contribution in [3.05, 3.63) is 53.6 Å². The Labute approximate surface area is 124 Å². The van der Waals surface area contributed by atoms with Crippen molar-refractivity contribution in [2.45, 2.75) is 20.0 Å². The Kier molecular flexibility index (Phi) is 3.66. The summed E-state index contributed by atoms with van der Waals surface area (Å²) in [6.45, 7) is 3.71. The number of benzene rings is 1. The third-order valence-corrected chi connectivity index (χ3v) is 3.71. The van der Waals surface area contributed by atoms with Crippen molar-refractivity contribution in [3.8, 4) is 0 Å². The van der Waals surface area contributed by atoms with Crippen LogP contribution < -0.4 is 0 Å². The van der Waals surface area contributed by atoms with E-state index in [2.05, 4.69) is 33.9 Å². The highest BCUT2D eigenvalue weighted by Gasteiger charge is 2.08. The van der Waals surface area contributed by atoms with Crippen molar-refractivity contribution in [2.75, 3.05) is 7.05 Å². The largest absolute Gasteiger partial charge is 0.296 e. The average Bonchev–Trinajstić information content (AvgIpc) is 2.79. The van der Waals surface area contributed by atoms with Gasteiger partial charge in [-0.25, -0.2) is 4.98 Å². The van der Waals surface area contributed by atoms with Crippen LogP contribution in [-0.4, -0.2) is 31.7 Å². The Morgan fingerprint density at radius 2 is 1.86 bits per heavy atom. The lowest BCUT2D eigenvalue weighted by atomic mass is 10.2. The van der Waals surface area contributed by atoms with E-state index in [0.29, 0.717) is 0 Å². The highest BCUT2D eigenvalue weighted by Crippen LogP contribution is 2.12. The molecule has 0 saturated carbocycles. The molecule has 0 unspecified atom stereocenters. The fourth-order valence-corrected chi connectivity index (χ4v) is 2.39. The molecule has 1 aromatic carbocycles. The molecule has 2 aromatic heterocycles. The van der Waals surface area contributed by atoms with Gasteiger partial charge >= 0.3 is 0 Å². The van der Waals surface area contributed by atoms with Crippen LogP contribution >= 0.6 is 0 Å². The molecule has 2 heterocycles. The van der Waals surface area contributed by atoms with Gasteiger partial charge in [0, 0.05) is 31.4 Å². The molecule has 0 radical (unpaired) electrons. The zero-order valence-electron chi connectivity index (χ0n) is 12.6. The minimum Gasteiger partial charge on any atom is -0.296 e. The first-order chi connectivity index (χ1) is 10.1. The Bertz CT molecular complexity index is 762. The van der Waals surface area contributed by atoms with Crippen LogP contribution in [0.2, 0.25) is 0 Å². The van der Waals surface area contributed by atoms with Gasteiger partial charge < -0.3 is 0 Å². The predicted octanol–water partition coefficient (Wildman–Crippen LogP) is 2.30. The van der Waals surface area contributed by atoms with Crippen LogP contribution in [0.4, 0.5) is 0 Å². The molecular weight excluding hydrogens is 262 g/mol.